The molecule has 1 aromatic rings. The Labute approximate surface area is 101 Å². The third-order valence-corrected chi connectivity index (χ3v) is 2.62. The summed E-state index contributed by atoms with van der Waals surface area (Å²) in [5.41, 5.74) is 0.374. The molecule has 0 fully saturated rings. The lowest BCUT2D eigenvalue weighted by Crippen LogP contribution is -2.36. The van der Waals surface area contributed by atoms with Crippen molar-refractivity contribution in [3.63, 3.8) is 0 Å². The zero-order chi connectivity index (χ0) is 12.8. The maximum Gasteiger partial charge on any atom is 0.252 e. The van der Waals surface area contributed by atoms with Crippen molar-refractivity contribution in [3.05, 3.63) is 29.8 Å². The highest BCUT2D eigenvalue weighted by atomic mass is 19.1. The van der Waals surface area contributed by atoms with Gasteiger partial charge in [0, 0.05) is 25.3 Å². The Bertz CT molecular complexity index is 365. The molecule has 0 spiro atoms. The van der Waals surface area contributed by atoms with Crippen LogP contribution in [0.3, 0.4) is 0 Å². The summed E-state index contributed by atoms with van der Waals surface area (Å²) in [6.45, 7) is 5.51. The van der Waals surface area contributed by atoms with Crippen LogP contribution < -0.4 is 5.32 Å². The van der Waals surface area contributed by atoms with Crippen molar-refractivity contribution in [1.82, 2.24) is 15.2 Å². The average molecular weight is 239 g/mol. The summed E-state index contributed by atoms with van der Waals surface area (Å²) in [7, 11) is 2.00. The third kappa shape index (κ3) is 4.48. The second-order valence-corrected chi connectivity index (χ2v) is 4.20. The van der Waals surface area contributed by atoms with Gasteiger partial charge in [0.25, 0.3) is 5.91 Å². The molecule has 0 unspecified atom stereocenters. The fourth-order valence-corrected chi connectivity index (χ4v) is 1.22. The van der Waals surface area contributed by atoms with Crippen LogP contribution in [0.25, 0.3) is 0 Å². The van der Waals surface area contributed by atoms with Gasteiger partial charge in [-0.15, -0.1) is 0 Å². The molecule has 0 aliphatic heterocycles. The summed E-state index contributed by atoms with van der Waals surface area (Å²) >= 11 is 0. The number of carbonyl (C=O) groups is 1. The van der Waals surface area contributed by atoms with Gasteiger partial charge in [-0.3, -0.25) is 4.79 Å². The number of nitrogens with zero attached hydrogens (tertiary/aromatic N) is 2. The topological polar surface area (TPSA) is 45.2 Å². The van der Waals surface area contributed by atoms with Gasteiger partial charge in [-0.05, 0) is 33.0 Å². The standard InChI is InChI=1S/C12H18FN3O/c1-9(2)16(3)7-6-14-12(17)10-4-5-11(13)15-8-10/h4-5,8-9H,6-7H2,1-3H3,(H,14,17). The fourth-order valence-electron chi connectivity index (χ4n) is 1.22. The summed E-state index contributed by atoms with van der Waals surface area (Å²) in [6.07, 6.45) is 1.23. The maximum atomic E-state index is 12.5. The maximum absolute atomic E-state index is 12.5. The van der Waals surface area contributed by atoms with Crippen molar-refractivity contribution in [2.24, 2.45) is 0 Å². The monoisotopic (exact) mass is 239 g/mol. The molecule has 17 heavy (non-hydrogen) atoms. The van der Waals surface area contributed by atoms with Gasteiger partial charge in [-0.25, -0.2) is 4.98 Å². The summed E-state index contributed by atoms with van der Waals surface area (Å²) < 4.78 is 12.5. The van der Waals surface area contributed by atoms with Crippen LogP contribution in [0, 0.1) is 5.95 Å². The SMILES string of the molecule is CC(C)N(C)CCNC(=O)c1ccc(F)nc1. The molecule has 4 nitrogen and oxygen atoms in total. The van der Waals surface area contributed by atoms with Crippen LogP contribution in [-0.4, -0.2) is 42.0 Å². The van der Waals surface area contributed by atoms with E-state index in [1.807, 2.05) is 7.05 Å². The van der Waals surface area contributed by atoms with Gasteiger partial charge in [0.2, 0.25) is 5.95 Å². The van der Waals surface area contributed by atoms with E-state index in [0.717, 1.165) is 6.54 Å². The number of aromatic nitrogens is 1. The molecule has 1 N–H and O–H groups in total. The lowest BCUT2D eigenvalue weighted by molar-refractivity contribution is 0.0947. The van der Waals surface area contributed by atoms with Crippen molar-refractivity contribution < 1.29 is 9.18 Å². The van der Waals surface area contributed by atoms with E-state index in [1.165, 1.54) is 18.3 Å². The second kappa shape index (κ2) is 6.30. The number of rotatable bonds is 5. The van der Waals surface area contributed by atoms with Crippen molar-refractivity contribution in [2.45, 2.75) is 19.9 Å². The van der Waals surface area contributed by atoms with Crippen molar-refractivity contribution in [3.8, 4) is 0 Å². The Kier molecular flexibility index (Phi) is 5.03. The Morgan fingerprint density at radius 1 is 1.53 bits per heavy atom. The van der Waals surface area contributed by atoms with Crippen LogP contribution in [0.2, 0.25) is 0 Å². The van der Waals surface area contributed by atoms with E-state index in [2.05, 4.69) is 29.0 Å². The smallest absolute Gasteiger partial charge is 0.252 e. The lowest BCUT2D eigenvalue weighted by Gasteiger charge is -2.20. The molecule has 94 valence electrons. The fraction of sp³-hybridized carbons (Fsp3) is 0.500. The van der Waals surface area contributed by atoms with Crippen LogP contribution >= 0.6 is 0 Å². The highest BCUT2D eigenvalue weighted by Gasteiger charge is 2.07. The molecule has 1 heterocycles. The van der Waals surface area contributed by atoms with Crippen LogP contribution in [0.1, 0.15) is 24.2 Å². The molecule has 1 rings (SSSR count). The molecular weight excluding hydrogens is 221 g/mol. The number of amides is 1. The zero-order valence-corrected chi connectivity index (χ0v) is 10.4. The number of likely N-dealkylation sites (N-methyl/N-ethyl adjacent to an activating group) is 1. The number of hydrogen-bond donors (Lipinski definition) is 1. The van der Waals surface area contributed by atoms with Gasteiger partial charge in [0.1, 0.15) is 0 Å². The molecule has 5 heteroatoms. The number of halogens is 1. The van der Waals surface area contributed by atoms with Crippen molar-refractivity contribution in [1.29, 1.82) is 0 Å². The first-order valence-corrected chi connectivity index (χ1v) is 5.60. The van der Waals surface area contributed by atoms with Crippen LogP contribution in [-0.2, 0) is 0 Å². The summed E-state index contributed by atoms with van der Waals surface area (Å²) in [6, 6.07) is 3.04. The van der Waals surface area contributed by atoms with Crippen LogP contribution in [0.15, 0.2) is 18.3 Å². The molecule has 0 aliphatic carbocycles. The van der Waals surface area contributed by atoms with E-state index in [1.54, 1.807) is 0 Å². The molecule has 0 atom stereocenters. The predicted molar refractivity (Wildman–Crippen MR) is 64.3 cm³/mol. The average Bonchev–Trinajstić information content (AvgIpc) is 2.29. The number of pyridine rings is 1. The molecule has 1 aromatic heterocycles. The van der Waals surface area contributed by atoms with E-state index in [4.69, 9.17) is 0 Å². The van der Waals surface area contributed by atoms with E-state index in [0.29, 0.717) is 18.2 Å². The van der Waals surface area contributed by atoms with Crippen molar-refractivity contribution >= 4 is 5.91 Å². The van der Waals surface area contributed by atoms with E-state index in [9.17, 15) is 9.18 Å². The predicted octanol–water partition coefficient (Wildman–Crippen LogP) is 1.29. The quantitative estimate of drug-likeness (QED) is 0.787. The number of nitrogens with one attached hydrogen (secondary N) is 1. The first-order valence-electron chi connectivity index (χ1n) is 5.60. The number of carbonyl (C=O) groups excluding carboxylic acids is 1. The van der Waals surface area contributed by atoms with Crippen molar-refractivity contribution in [2.75, 3.05) is 20.1 Å². The Morgan fingerprint density at radius 3 is 2.76 bits per heavy atom. The lowest BCUT2D eigenvalue weighted by atomic mass is 10.2. The molecule has 0 aromatic carbocycles. The van der Waals surface area contributed by atoms with Gasteiger partial charge in [0.15, 0.2) is 0 Å². The third-order valence-electron chi connectivity index (χ3n) is 2.62. The van der Waals surface area contributed by atoms with Gasteiger partial charge >= 0.3 is 0 Å². The minimum atomic E-state index is -0.582. The van der Waals surface area contributed by atoms with Crippen LogP contribution in [0.5, 0.6) is 0 Å². The molecule has 1 amide bonds. The number of hydrogen-bond acceptors (Lipinski definition) is 3. The van der Waals surface area contributed by atoms with Gasteiger partial charge in [0.05, 0.1) is 5.56 Å². The zero-order valence-electron chi connectivity index (χ0n) is 10.4. The normalized spacial score (nSPS) is 10.9. The van der Waals surface area contributed by atoms with Gasteiger partial charge in [-0.1, -0.05) is 0 Å². The van der Waals surface area contributed by atoms with E-state index >= 15 is 0 Å². The summed E-state index contributed by atoms with van der Waals surface area (Å²) in [4.78, 5) is 17.2. The Hall–Kier alpha value is -1.49. The van der Waals surface area contributed by atoms with Gasteiger partial charge < -0.3 is 10.2 Å². The first-order chi connectivity index (χ1) is 8.00. The second-order valence-electron chi connectivity index (χ2n) is 4.20. The molecule has 0 saturated heterocycles. The minimum absolute atomic E-state index is 0.227. The first kappa shape index (κ1) is 13.6. The molecule has 0 aliphatic rings. The summed E-state index contributed by atoms with van der Waals surface area (Å²) in [5.74, 6) is -0.809. The molecule has 0 saturated carbocycles. The Balaban J connectivity index is 2.37. The minimum Gasteiger partial charge on any atom is -0.351 e. The van der Waals surface area contributed by atoms with Gasteiger partial charge in [-0.2, -0.15) is 4.39 Å². The highest BCUT2D eigenvalue weighted by molar-refractivity contribution is 5.93. The molecule has 0 bridgehead atoms. The summed E-state index contributed by atoms with van der Waals surface area (Å²) in [5, 5.41) is 2.76. The van der Waals surface area contributed by atoms with E-state index < -0.39 is 5.95 Å². The Morgan fingerprint density at radius 2 is 2.24 bits per heavy atom. The largest absolute Gasteiger partial charge is 0.351 e. The molecular formula is C12H18FN3O. The molecule has 0 radical (unpaired) electrons. The van der Waals surface area contributed by atoms with Crippen LogP contribution in [0.4, 0.5) is 4.39 Å². The highest BCUT2D eigenvalue weighted by Crippen LogP contribution is 1.98. The van der Waals surface area contributed by atoms with E-state index in [-0.39, 0.29) is 5.91 Å².